The van der Waals surface area contributed by atoms with Crippen LogP contribution in [0.1, 0.15) is 37.4 Å². The van der Waals surface area contributed by atoms with Gasteiger partial charge in [-0.05, 0) is 76.8 Å². The van der Waals surface area contributed by atoms with Gasteiger partial charge in [0.05, 0.1) is 11.6 Å². The highest BCUT2D eigenvalue weighted by Gasteiger charge is 2.45. The Kier molecular flexibility index (Phi) is 7.31. The van der Waals surface area contributed by atoms with Crippen LogP contribution in [0.5, 0.6) is 11.5 Å². The minimum atomic E-state index is -0.678. The molecular weight excluding hydrogens is 446 g/mol. The second-order valence-electron chi connectivity index (χ2n) is 8.98. The summed E-state index contributed by atoms with van der Waals surface area (Å²) in [7, 11) is 3.94. The first-order valence-electron chi connectivity index (χ1n) is 12.0. The number of ketones is 1. The van der Waals surface area contributed by atoms with Crippen LogP contribution in [0.15, 0.2) is 48.0 Å². The normalized spacial score (nSPS) is 18.5. The topological polar surface area (TPSA) is 82.5 Å². The van der Waals surface area contributed by atoms with Gasteiger partial charge in [-0.15, -0.1) is 0 Å². The Morgan fingerprint density at radius 1 is 1.03 bits per heavy atom. The van der Waals surface area contributed by atoms with Crippen molar-refractivity contribution in [2.24, 2.45) is 0 Å². The zero-order chi connectivity index (χ0) is 25.1. The third kappa shape index (κ3) is 4.84. The Morgan fingerprint density at radius 3 is 2.37 bits per heavy atom. The largest absolute Gasteiger partial charge is 0.507 e. The molecule has 8 nitrogen and oxygen atoms in total. The van der Waals surface area contributed by atoms with Gasteiger partial charge < -0.3 is 29.3 Å². The van der Waals surface area contributed by atoms with E-state index in [0.29, 0.717) is 30.0 Å². The number of carbonyl (C=O) groups excluding carboxylic acids is 2. The molecule has 35 heavy (non-hydrogen) atoms. The van der Waals surface area contributed by atoms with Crippen molar-refractivity contribution in [3.8, 4) is 11.5 Å². The number of aliphatic hydroxyl groups excluding tert-OH is 1. The lowest BCUT2D eigenvalue weighted by molar-refractivity contribution is -0.139. The number of nitrogens with zero attached hydrogens (tertiary/aromatic N) is 3. The fraction of sp³-hybridized carbons (Fsp3) is 0.407. The molecule has 1 fully saturated rings. The van der Waals surface area contributed by atoms with Crippen molar-refractivity contribution < 1.29 is 24.2 Å². The summed E-state index contributed by atoms with van der Waals surface area (Å²) in [6.07, 6.45) is 0.706. The second kappa shape index (κ2) is 10.4. The zero-order valence-electron chi connectivity index (χ0n) is 20.8. The van der Waals surface area contributed by atoms with Crippen LogP contribution >= 0.6 is 0 Å². The van der Waals surface area contributed by atoms with E-state index in [1.54, 1.807) is 23.1 Å². The van der Waals surface area contributed by atoms with Crippen LogP contribution in [-0.2, 0) is 9.59 Å². The Labute approximate surface area is 206 Å². The standard InChI is InChI=1S/C27H33N3O5/c1-5-29(6-2)20-11-8-18(9-12-20)24-23(26(32)27(33)30(24)15-7-14-28(3)4)25(31)19-10-13-21-22(16-19)35-17-34-21/h8-13,16,24,31H,5-7,14-15,17H2,1-4H3/b25-23-. The number of aliphatic hydroxyl groups is 1. The van der Waals surface area contributed by atoms with E-state index in [2.05, 4.69) is 18.7 Å². The first kappa shape index (κ1) is 24.6. The van der Waals surface area contributed by atoms with Crippen molar-refractivity contribution in [1.82, 2.24) is 9.80 Å². The monoisotopic (exact) mass is 479 g/mol. The third-order valence-electron chi connectivity index (χ3n) is 6.53. The molecule has 2 aromatic carbocycles. The molecule has 1 atom stereocenters. The van der Waals surface area contributed by atoms with Crippen molar-refractivity contribution in [3.05, 3.63) is 59.2 Å². The predicted octanol–water partition coefficient (Wildman–Crippen LogP) is 3.63. The molecular formula is C27H33N3O5. The van der Waals surface area contributed by atoms with Crippen molar-refractivity contribution in [3.63, 3.8) is 0 Å². The van der Waals surface area contributed by atoms with E-state index in [1.807, 2.05) is 43.3 Å². The molecule has 1 N–H and O–H groups in total. The number of benzene rings is 2. The molecule has 4 rings (SSSR count). The lowest BCUT2D eigenvalue weighted by Crippen LogP contribution is -2.32. The summed E-state index contributed by atoms with van der Waals surface area (Å²) in [4.78, 5) is 32.2. The molecule has 2 aliphatic heterocycles. The maximum atomic E-state index is 13.2. The second-order valence-corrected chi connectivity index (χ2v) is 8.98. The van der Waals surface area contributed by atoms with Gasteiger partial charge >= 0.3 is 0 Å². The average molecular weight is 480 g/mol. The summed E-state index contributed by atoms with van der Waals surface area (Å²) in [5.41, 5.74) is 2.35. The fourth-order valence-electron chi connectivity index (χ4n) is 4.67. The van der Waals surface area contributed by atoms with E-state index in [4.69, 9.17) is 9.47 Å². The lowest BCUT2D eigenvalue weighted by atomic mass is 9.95. The van der Waals surface area contributed by atoms with Crippen molar-refractivity contribution in [1.29, 1.82) is 0 Å². The molecule has 1 unspecified atom stereocenters. The molecule has 1 amide bonds. The summed E-state index contributed by atoms with van der Waals surface area (Å²) in [5, 5.41) is 11.3. The predicted molar refractivity (Wildman–Crippen MR) is 135 cm³/mol. The first-order chi connectivity index (χ1) is 16.8. The molecule has 0 bridgehead atoms. The van der Waals surface area contributed by atoms with Gasteiger partial charge in [0.1, 0.15) is 5.76 Å². The number of hydrogen-bond acceptors (Lipinski definition) is 7. The van der Waals surface area contributed by atoms with Gasteiger partial charge in [0.2, 0.25) is 6.79 Å². The number of ether oxygens (including phenoxy) is 2. The quantitative estimate of drug-likeness (QED) is 0.334. The van der Waals surface area contributed by atoms with Crippen LogP contribution in [0.3, 0.4) is 0 Å². The summed E-state index contributed by atoms with van der Waals surface area (Å²) < 4.78 is 10.8. The van der Waals surface area contributed by atoms with E-state index in [1.165, 1.54) is 0 Å². The molecule has 0 aromatic heterocycles. The van der Waals surface area contributed by atoms with Gasteiger partial charge in [-0.25, -0.2) is 0 Å². The van der Waals surface area contributed by atoms with Crippen LogP contribution in [0.2, 0.25) is 0 Å². The molecule has 1 saturated heterocycles. The van der Waals surface area contributed by atoms with Crippen molar-refractivity contribution in [2.45, 2.75) is 26.3 Å². The Bertz CT molecular complexity index is 1120. The molecule has 186 valence electrons. The van der Waals surface area contributed by atoms with E-state index in [9.17, 15) is 14.7 Å². The van der Waals surface area contributed by atoms with Crippen molar-refractivity contribution in [2.75, 3.05) is 52.0 Å². The number of amides is 1. The number of fused-ring (bicyclic) bond motifs is 1. The minimum Gasteiger partial charge on any atom is -0.507 e. The van der Waals surface area contributed by atoms with Gasteiger partial charge in [-0.2, -0.15) is 0 Å². The average Bonchev–Trinajstić information content (AvgIpc) is 3.42. The molecule has 2 aromatic rings. The molecule has 0 spiro atoms. The van der Waals surface area contributed by atoms with Gasteiger partial charge in [-0.3, -0.25) is 9.59 Å². The van der Waals surface area contributed by atoms with E-state index in [0.717, 1.165) is 30.9 Å². The molecule has 8 heteroatoms. The summed E-state index contributed by atoms with van der Waals surface area (Å²) in [6.45, 7) is 7.24. The van der Waals surface area contributed by atoms with Crippen LogP contribution in [0.4, 0.5) is 5.69 Å². The Morgan fingerprint density at radius 2 is 1.71 bits per heavy atom. The smallest absolute Gasteiger partial charge is 0.295 e. The fourth-order valence-corrected chi connectivity index (χ4v) is 4.67. The summed E-state index contributed by atoms with van der Waals surface area (Å²) >= 11 is 0. The van der Waals surface area contributed by atoms with Crippen LogP contribution in [0.25, 0.3) is 5.76 Å². The number of hydrogen-bond donors (Lipinski definition) is 1. The summed E-state index contributed by atoms with van der Waals surface area (Å²) in [5.74, 6) is -0.412. The summed E-state index contributed by atoms with van der Waals surface area (Å²) in [6, 6.07) is 12.2. The van der Waals surface area contributed by atoms with Gasteiger partial charge in [0.15, 0.2) is 11.5 Å². The van der Waals surface area contributed by atoms with E-state index in [-0.39, 0.29) is 18.1 Å². The van der Waals surface area contributed by atoms with Gasteiger partial charge in [0, 0.05) is 30.9 Å². The Balaban J connectivity index is 1.76. The first-order valence-corrected chi connectivity index (χ1v) is 12.0. The molecule has 0 aliphatic carbocycles. The van der Waals surface area contributed by atoms with Crippen LogP contribution in [-0.4, -0.2) is 73.7 Å². The number of carbonyl (C=O) groups is 2. The molecule has 2 heterocycles. The number of anilines is 1. The minimum absolute atomic E-state index is 0.0920. The highest BCUT2D eigenvalue weighted by Crippen LogP contribution is 2.41. The van der Waals surface area contributed by atoms with Crippen LogP contribution in [0, 0.1) is 0 Å². The van der Waals surface area contributed by atoms with Crippen LogP contribution < -0.4 is 14.4 Å². The number of rotatable bonds is 9. The Hall–Kier alpha value is -3.52. The zero-order valence-corrected chi connectivity index (χ0v) is 20.8. The van der Waals surface area contributed by atoms with E-state index >= 15 is 0 Å². The SMILES string of the molecule is CCN(CC)c1ccc(C2/C(=C(/O)c3ccc4c(c3)OCO4)C(=O)C(=O)N2CCCN(C)C)cc1. The van der Waals surface area contributed by atoms with Gasteiger partial charge in [0.25, 0.3) is 11.7 Å². The molecule has 0 radical (unpaired) electrons. The van der Waals surface area contributed by atoms with Crippen molar-refractivity contribution >= 4 is 23.1 Å². The molecule has 0 saturated carbocycles. The highest BCUT2D eigenvalue weighted by molar-refractivity contribution is 6.46. The third-order valence-corrected chi connectivity index (χ3v) is 6.53. The number of Topliss-reactive ketones (excluding diaryl/α,β-unsaturated/α-hetero) is 1. The maximum Gasteiger partial charge on any atom is 0.295 e. The maximum absolute atomic E-state index is 13.2. The molecule has 2 aliphatic rings. The van der Waals surface area contributed by atoms with E-state index < -0.39 is 17.7 Å². The highest BCUT2D eigenvalue weighted by atomic mass is 16.7. The lowest BCUT2D eigenvalue weighted by Gasteiger charge is -2.27. The van der Waals surface area contributed by atoms with Gasteiger partial charge in [-0.1, -0.05) is 12.1 Å². The number of likely N-dealkylation sites (tertiary alicyclic amines) is 1.